The Morgan fingerprint density at radius 2 is 0.726 bits per heavy atom. The zero-order valence-electron chi connectivity index (χ0n) is 40.9. The van der Waals surface area contributed by atoms with Crippen molar-refractivity contribution in [1.29, 1.82) is 0 Å². The Bertz CT molecular complexity index is 1160. The molecule has 2 unspecified atom stereocenters. The van der Waals surface area contributed by atoms with Gasteiger partial charge in [0.15, 0.2) is 0 Å². The van der Waals surface area contributed by atoms with Gasteiger partial charge in [-0.05, 0) is 89.9 Å². The van der Waals surface area contributed by atoms with Crippen LogP contribution in [0.1, 0.15) is 245 Å². The van der Waals surface area contributed by atoms with Crippen LogP contribution in [0.4, 0.5) is 0 Å². The average molecular weight is 860 g/mol. The molecule has 1 amide bonds. The predicted octanol–water partition coefficient (Wildman–Crippen LogP) is 17.4. The van der Waals surface area contributed by atoms with Gasteiger partial charge in [-0.2, -0.15) is 0 Å². The van der Waals surface area contributed by atoms with E-state index in [1.54, 1.807) is 6.08 Å². The van der Waals surface area contributed by atoms with E-state index in [2.05, 4.69) is 104 Å². The van der Waals surface area contributed by atoms with Gasteiger partial charge in [0.05, 0.1) is 18.8 Å². The van der Waals surface area contributed by atoms with Gasteiger partial charge in [-0.25, -0.2) is 0 Å². The summed E-state index contributed by atoms with van der Waals surface area (Å²) >= 11 is 0. The van der Waals surface area contributed by atoms with Gasteiger partial charge in [0.1, 0.15) is 0 Å². The molecule has 0 aromatic carbocycles. The summed E-state index contributed by atoms with van der Waals surface area (Å²) in [7, 11) is 0. The highest BCUT2D eigenvalue weighted by molar-refractivity contribution is 5.76. The summed E-state index contributed by atoms with van der Waals surface area (Å²) in [6, 6.07) is -0.659. The third-order valence-electron chi connectivity index (χ3n) is 11.5. The third kappa shape index (κ3) is 48.3. The highest BCUT2D eigenvalue weighted by Crippen LogP contribution is 2.15. The molecule has 0 aliphatic heterocycles. The number of allylic oxidation sites excluding steroid dienone is 15. The van der Waals surface area contributed by atoms with E-state index in [4.69, 9.17) is 0 Å². The molecule has 0 aromatic heterocycles. The van der Waals surface area contributed by atoms with Gasteiger partial charge >= 0.3 is 0 Å². The Labute approximate surface area is 385 Å². The molecule has 0 saturated heterocycles. The number of amides is 1. The number of rotatable bonds is 47. The Kier molecular flexibility index (Phi) is 50.4. The van der Waals surface area contributed by atoms with Crippen LogP contribution >= 0.6 is 0 Å². The lowest BCUT2D eigenvalue weighted by molar-refractivity contribution is -0.123. The second kappa shape index (κ2) is 52.7. The summed E-state index contributed by atoms with van der Waals surface area (Å²) in [5.74, 6) is -0.0919. The molecule has 0 saturated carbocycles. The first-order chi connectivity index (χ1) is 30.7. The lowest BCUT2D eigenvalue weighted by Gasteiger charge is -2.19. The molecule has 0 aromatic rings. The lowest BCUT2D eigenvalue weighted by Crippen LogP contribution is -2.45. The van der Waals surface area contributed by atoms with Crippen molar-refractivity contribution in [3.05, 3.63) is 97.2 Å². The van der Waals surface area contributed by atoms with Gasteiger partial charge in [0, 0.05) is 6.42 Å². The Balaban J connectivity index is 3.64. The van der Waals surface area contributed by atoms with Gasteiger partial charge in [0.25, 0.3) is 0 Å². The number of nitrogens with one attached hydrogen (secondary N) is 1. The summed E-state index contributed by atoms with van der Waals surface area (Å²) in [4.78, 5) is 12.4. The molecular weight excluding hydrogens is 759 g/mol. The van der Waals surface area contributed by atoms with Crippen LogP contribution in [0.2, 0.25) is 0 Å². The summed E-state index contributed by atoms with van der Waals surface area (Å²) < 4.78 is 0. The molecule has 4 heteroatoms. The van der Waals surface area contributed by atoms with Crippen molar-refractivity contribution in [2.45, 2.75) is 257 Å². The normalized spacial score (nSPS) is 13.7. The number of aliphatic hydroxyl groups excluding tert-OH is 2. The van der Waals surface area contributed by atoms with E-state index in [0.717, 1.165) is 83.5 Å². The Morgan fingerprint density at radius 1 is 0.403 bits per heavy atom. The number of aliphatic hydroxyl groups is 2. The maximum atomic E-state index is 12.4. The van der Waals surface area contributed by atoms with E-state index < -0.39 is 12.1 Å². The van der Waals surface area contributed by atoms with Gasteiger partial charge < -0.3 is 15.5 Å². The van der Waals surface area contributed by atoms with Crippen molar-refractivity contribution in [2.75, 3.05) is 6.61 Å². The molecule has 62 heavy (non-hydrogen) atoms. The van der Waals surface area contributed by atoms with Gasteiger partial charge in [-0.15, -0.1) is 0 Å². The molecule has 3 N–H and O–H groups in total. The van der Waals surface area contributed by atoms with Crippen molar-refractivity contribution < 1.29 is 15.0 Å². The standard InChI is InChI=1S/C58H101NO3/c1-3-5-7-9-11-13-15-17-19-21-23-25-27-28-29-30-32-33-35-37-39-41-43-45-47-49-51-53-57(61)56(55-60)59-58(62)54-52-50-48-46-44-42-40-38-36-34-31-26-24-22-20-18-16-14-12-10-8-6-4-2/h6,8,12,14,18,20,24,26,34-37,43,45,51,53,56-57,60-61H,3-5,7,9-11,13,15-17,19,21-23,25,27-33,38-42,44,46-50,52,54-55H2,1-2H3,(H,59,62)/b8-6-,14-12-,20-18-,26-24-,36-34-,37-35+,45-43+,53-51+. The van der Waals surface area contributed by atoms with E-state index in [-0.39, 0.29) is 12.5 Å². The van der Waals surface area contributed by atoms with E-state index in [1.807, 2.05) is 6.08 Å². The molecule has 0 aliphatic rings. The summed E-state index contributed by atoms with van der Waals surface area (Å²) in [5, 5.41) is 23.1. The minimum Gasteiger partial charge on any atom is -0.394 e. The molecule has 0 heterocycles. The zero-order chi connectivity index (χ0) is 44.9. The summed E-state index contributed by atoms with van der Waals surface area (Å²) in [5.41, 5.74) is 0. The Hall–Kier alpha value is -2.69. The summed E-state index contributed by atoms with van der Waals surface area (Å²) in [6.45, 7) is 4.18. The molecule has 0 rings (SSSR count). The maximum absolute atomic E-state index is 12.4. The van der Waals surface area contributed by atoms with Crippen LogP contribution in [0.15, 0.2) is 97.2 Å². The van der Waals surface area contributed by atoms with E-state index in [0.29, 0.717) is 6.42 Å². The predicted molar refractivity (Wildman–Crippen MR) is 276 cm³/mol. The second-order valence-electron chi connectivity index (χ2n) is 17.5. The smallest absolute Gasteiger partial charge is 0.220 e. The quantitative estimate of drug-likeness (QED) is 0.0422. The van der Waals surface area contributed by atoms with Crippen LogP contribution < -0.4 is 5.32 Å². The average Bonchev–Trinajstić information content (AvgIpc) is 3.28. The van der Waals surface area contributed by atoms with Crippen LogP contribution in [-0.2, 0) is 4.79 Å². The zero-order valence-corrected chi connectivity index (χ0v) is 40.9. The molecule has 0 radical (unpaired) electrons. The molecule has 4 nitrogen and oxygen atoms in total. The van der Waals surface area contributed by atoms with Crippen LogP contribution in [0.25, 0.3) is 0 Å². The van der Waals surface area contributed by atoms with Crippen LogP contribution in [-0.4, -0.2) is 34.9 Å². The SMILES string of the molecule is CC/C=C\C/C=C\C/C=C\C/C=C\C/C=C\CCCCCCCCCC(=O)NC(CO)C(O)/C=C/CC/C=C/CC/C=C/CCCCCCCCCCCCCCCCCCC. The highest BCUT2D eigenvalue weighted by atomic mass is 16.3. The first-order valence-corrected chi connectivity index (χ1v) is 26.5. The maximum Gasteiger partial charge on any atom is 0.220 e. The largest absolute Gasteiger partial charge is 0.394 e. The van der Waals surface area contributed by atoms with Crippen LogP contribution in [0.5, 0.6) is 0 Å². The van der Waals surface area contributed by atoms with Crippen molar-refractivity contribution in [3.8, 4) is 0 Å². The summed E-state index contributed by atoms with van der Waals surface area (Å²) in [6.07, 6.45) is 78.4. The van der Waals surface area contributed by atoms with Crippen molar-refractivity contribution >= 4 is 5.91 Å². The number of carbonyl (C=O) groups is 1. The number of hydrogen-bond donors (Lipinski definition) is 3. The van der Waals surface area contributed by atoms with E-state index in [9.17, 15) is 15.0 Å². The molecular formula is C58H101NO3. The second-order valence-corrected chi connectivity index (χ2v) is 17.5. The van der Waals surface area contributed by atoms with Gasteiger partial charge in [-0.1, -0.05) is 246 Å². The van der Waals surface area contributed by atoms with Crippen molar-refractivity contribution in [1.82, 2.24) is 5.32 Å². The molecule has 0 fully saturated rings. The number of hydrogen-bond acceptors (Lipinski definition) is 3. The molecule has 0 bridgehead atoms. The number of carbonyl (C=O) groups excluding carboxylic acids is 1. The lowest BCUT2D eigenvalue weighted by atomic mass is 10.0. The first-order valence-electron chi connectivity index (χ1n) is 26.5. The fourth-order valence-electron chi connectivity index (χ4n) is 7.53. The topological polar surface area (TPSA) is 69.6 Å². The number of unbranched alkanes of at least 4 members (excludes halogenated alkanes) is 26. The van der Waals surface area contributed by atoms with Gasteiger partial charge in [-0.3, -0.25) is 4.79 Å². The fourth-order valence-corrected chi connectivity index (χ4v) is 7.53. The Morgan fingerprint density at radius 3 is 1.13 bits per heavy atom. The van der Waals surface area contributed by atoms with Gasteiger partial charge in [0.2, 0.25) is 5.91 Å². The van der Waals surface area contributed by atoms with E-state index in [1.165, 1.54) is 141 Å². The molecule has 0 aliphatic carbocycles. The van der Waals surface area contributed by atoms with Crippen LogP contribution in [0, 0.1) is 0 Å². The monoisotopic (exact) mass is 860 g/mol. The third-order valence-corrected chi connectivity index (χ3v) is 11.5. The molecule has 356 valence electrons. The van der Waals surface area contributed by atoms with Crippen molar-refractivity contribution in [2.24, 2.45) is 0 Å². The molecule has 2 atom stereocenters. The molecule has 0 spiro atoms. The van der Waals surface area contributed by atoms with Crippen molar-refractivity contribution in [3.63, 3.8) is 0 Å². The minimum atomic E-state index is -0.883. The highest BCUT2D eigenvalue weighted by Gasteiger charge is 2.17. The minimum absolute atomic E-state index is 0.0919. The fraction of sp³-hybridized carbons (Fsp3) is 0.707. The van der Waals surface area contributed by atoms with Crippen LogP contribution in [0.3, 0.4) is 0 Å². The van der Waals surface area contributed by atoms with E-state index >= 15 is 0 Å². The first kappa shape index (κ1) is 59.3.